The van der Waals surface area contributed by atoms with Crippen molar-refractivity contribution in [2.45, 2.75) is 32.7 Å². The zero-order valence-electron chi connectivity index (χ0n) is 11.3. The van der Waals surface area contributed by atoms with Crippen molar-refractivity contribution < 1.29 is 4.79 Å². The molecule has 1 aliphatic heterocycles. The molecule has 0 spiro atoms. The quantitative estimate of drug-likeness (QED) is 0.863. The van der Waals surface area contributed by atoms with Gasteiger partial charge in [0.25, 0.3) is 0 Å². The molecule has 1 unspecified atom stereocenters. The van der Waals surface area contributed by atoms with E-state index >= 15 is 0 Å². The lowest BCUT2D eigenvalue weighted by atomic mass is 10.0. The topological polar surface area (TPSA) is 46.3 Å². The van der Waals surface area contributed by atoms with Crippen LogP contribution in [0.1, 0.15) is 37.3 Å². The highest BCUT2D eigenvalue weighted by Gasteiger charge is 2.20. The number of nitrogens with two attached hydrogens (primary N) is 1. The maximum Gasteiger partial charge on any atom is 0.222 e. The van der Waals surface area contributed by atoms with Crippen molar-refractivity contribution in [3.63, 3.8) is 0 Å². The highest BCUT2D eigenvalue weighted by molar-refractivity contribution is 7.80. The molecule has 1 fully saturated rings. The molecule has 0 aliphatic carbocycles. The molecule has 1 aliphatic rings. The molecule has 1 saturated heterocycles. The van der Waals surface area contributed by atoms with Gasteiger partial charge in [0, 0.05) is 25.1 Å². The van der Waals surface area contributed by atoms with E-state index in [4.69, 9.17) is 18.0 Å². The number of amides is 1. The molecule has 0 radical (unpaired) electrons. The number of likely N-dealkylation sites (tertiary alicyclic amines) is 1. The second kappa shape index (κ2) is 6.15. The maximum absolute atomic E-state index is 12.0. The molecular weight excluding hydrogens is 256 g/mol. The highest BCUT2D eigenvalue weighted by atomic mass is 32.1. The Morgan fingerprint density at radius 2 is 2.05 bits per heavy atom. The second-order valence-corrected chi connectivity index (χ2v) is 5.75. The number of carbonyl (C=O) groups excluding carboxylic acids is 1. The summed E-state index contributed by atoms with van der Waals surface area (Å²) >= 11 is 4.93. The Labute approximate surface area is 119 Å². The molecule has 1 heterocycles. The van der Waals surface area contributed by atoms with E-state index in [0.717, 1.165) is 30.5 Å². The van der Waals surface area contributed by atoms with Crippen LogP contribution in [0.5, 0.6) is 0 Å². The first-order valence-corrected chi connectivity index (χ1v) is 7.13. The highest BCUT2D eigenvalue weighted by Crippen LogP contribution is 2.19. The smallest absolute Gasteiger partial charge is 0.222 e. The molecule has 1 atom stereocenters. The summed E-state index contributed by atoms with van der Waals surface area (Å²) < 4.78 is 0. The lowest BCUT2D eigenvalue weighted by Gasteiger charge is -2.20. The van der Waals surface area contributed by atoms with Gasteiger partial charge in [0.2, 0.25) is 5.91 Å². The first-order chi connectivity index (χ1) is 9.06. The fraction of sp³-hybridized carbons (Fsp3) is 0.467. The number of hydrogen-bond donors (Lipinski definition) is 1. The Hall–Kier alpha value is -1.42. The summed E-state index contributed by atoms with van der Waals surface area (Å²) in [4.78, 5) is 14.4. The third-order valence-corrected chi connectivity index (χ3v) is 3.94. The minimum atomic E-state index is 0.266. The van der Waals surface area contributed by atoms with E-state index in [-0.39, 0.29) is 5.91 Å². The lowest BCUT2D eigenvalue weighted by Crippen LogP contribution is -2.29. The van der Waals surface area contributed by atoms with Crippen LogP contribution in [0.2, 0.25) is 0 Å². The minimum Gasteiger partial charge on any atom is -0.389 e. The third-order valence-electron chi connectivity index (χ3n) is 3.71. The van der Waals surface area contributed by atoms with E-state index in [1.807, 2.05) is 29.2 Å². The molecule has 4 heteroatoms. The van der Waals surface area contributed by atoms with Crippen molar-refractivity contribution >= 4 is 23.1 Å². The summed E-state index contributed by atoms with van der Waals surface area (Å²) in [5.74, 6) is 0.911. The predicted octanol–water partition coefficient (Wildman–Crippen LogP) is 2.47. The average Bonchev–Trinajstić information content (AvgIpc) is 2.55. The largest absolute Gasteiger partial charge is 0.389 e. The average molecular weight is 276 g/mol. The van der Waals surface area contributed by atoms with Gasteiger partial charge in [-0.05, 0) is 24.3 Å². The number of hydrogen-bond acceptors (Lipinski definition) is 2. The van der Waals surface area contributed by atoms with Gasteiger partial charge in [0.15, 0.2) is 0 Å². The van der Waals surface area contributed by atoms with E-state index in [1.165, 1.54) is 0 Å². The molecule has 1 aromatic rings. The normalized spacial score (nSPS) is 20.2. The third kappa shape index (κ3) is 3.77. The van der Waals surface area contributed by atoms with Crippen molar-refractivity contribution in [3.05, 3.63) is 35.4 Å². The number of benzene rings is 1. The van der Waals surface area contributed by atoms with Gasteiger partial charge in [0.05, 0.1) is 0 Å². The van der Waals surface area contributed by atoms with Crippen molar-refractivity contribution in [2.24, 2.45) is 11.7 Å². The van der Waals surface area contributed by atoms with Gasteiger partial charge in [-0.2, -0.15) is 0 Å². The van der Waals surface area contributed by atoms with Gasteiger partial charge in [-0.15, -0.1) is 0 Å². The van der Waals surface area contributed by atoms with Gasteiger partial charge >= 0.3 is 0 Å². The van der Waals surface area contributed by atoms with Crippen molar-refractivity contribution in [2.75, 3.05) is 6.54 Å². The van der Waals surface area contributed by atoms with Gasteiger partial charge in [-0.25, -0.2) is 0 Å². The van der Waals surface area contributed by atoms with Crippen LogP contribution in [0.3, 0.4) is 0 Å². The number of carbonyl (C=O) groups is 1. The second-order valence-electron chi connectivity index (χ2n) is 5.31. The van der Waals surface area contributed by atoms with Crippen molar-refractivity contribution in [3.8, 4) is 0 Å². The first-order valence-electron chi connectivity index (χ1n) is 6.73. The van der Waals surface area contributed by atoms with Gasteiger partial charge in [-0.3, -0.25) is 4.79 Å². The number of nitrogens with zero attached hydrogens (tertiary/aromatic N) is 1. The van der Waals surface area contributed by atoms with E-state index in [1.54, 1.807) is 0 Å². The van der Waals surface area contributed by atoms with E-state index in [0.29, 0.717) is 23.9 Å². The molecule has 3 nitrogen and oxygen atoms in total. The van der Waals surface area contributed by atoms with Crippen LogP contribution in [-0.2, 0) is 11.3 Å². The molecule has 2 rings (SSSR count). The molecule has 2 N–H and O–H groups in total. The van der Waals surface area contributed by atoms with E-state index in [2.05, 4.69) is 6.92 Å². The summed E-state index contributed by atoms with van der Waals surface area (Å²) in [6.45, 7) is 3.76. The van der Waals surface area contributed by atoms with Crippen LogP contribution in [0.25, 0.3) is 0 Å². The monoisotopic (exact) mass is 276 g/mol. The van der Waals surface area contributed by atoms with Crippen molar-refractivity contribution in [1.82, 2.24) is 4.90 Å². The Morgan fingerprint density at radius 3 is 2.68 bits per heavy atom. The van der Waals surface area contributed by atoms with Crippen LogP contribution >= 0.6 is 12.2 Å². The van der Waals surface area contributed by atoms with Crippen molar-refractivity contribution in [1.29, 1.82) is 0 Å². The summed E-state index contributed by atoms with van der Waals surface area (Å²) in [7, 11) is 0. The fourth-order valence-electron chi connectivity index (χ4n) is 2.34. The SMILES string of the molecule is CC1CCC(=O)N(Cc2ccc(C(N)=S)cc2)CC1. The van der Waals surface area contributed by atoms with Crippen LogP contribution in [0, 0.1) is 5.92 Å². The van der Waals surface area contributed by atoms with Crippen LogP contribution in [0.4, 0.5) is 0 Å². The molecule has 0 saturated carbocycles. The fourth-order valence-corrected chi connectivity index (χ4v) is 2.47. The Balaban J connectivity index is 2.03. The van der Waals surface area contributed by atoms with Gasteiger partial charge in [-0.1, -0.05) is 43.4 Å². The van der Waals surface area contributed by atoms with Gasteiger partial charge in [0.1, 0.15) is 4.99 Å². The van der Waals surface area contributed by atoms with Crippen LogP contribution in [0.15, 0.2) is 24.3 Å². The number of rotatable bonds is 3. The molecule has 0 bridgehead atoms. The Morgan fingerprint density at radius 1 is 1.37 bits per heavy atom. The zero-order valence-corrected chi connectivity index (χ0v) is 12.1. The summed E-state index contributed by atoms with van der Waals surface area (Å²) in [5.41, 5.74) is 7.57. The van der Waals surface area contributed by atoms with Gasteiger partial charge < -0.3 is 10.6 Å². The van der Waals surface area contributed by atoms with Crippen LogP contribution in [-0.4, -0.2) is 22.3 Å². The maximum atomic E-state index is 12.0. The predicted molar refractivity (Wildman–Crippen MR) is 80.8 cm³/mol. The Bertz CT molecular complexity index is 470. The minimum absolute atomic E-state index is 0.266. The number of thiocarbonyl (C=S) groups is 1. The van der Waals surface area contributed by atoms with E-state index < -0.39 is 0 Å². The van der Waals surface area contributed by atoms with Crippen LogP contribution < -0.4 is 5.73 Å². The van der Waals surface area contributed by atoms with E-state index in [9.17, 15) is 4.79 Å². The summed E-state index contributed by atoms with van der Waals surface area (Å²) in [6.07, 6.45) is 2.78. The molecule has 1 aromatic carbocycles. The lowest BCUT2D eigenvalue weighted by molar-refractivity contribution is -0.131. The summed E-state index contributed by atoms with van der Waals surface area (Å²) in [5, 5.41) is 0. The first kappa shape index (κ1) is 14.0. The molecule has 102 valence electrons. The zero-order chi connectivity index (χ0) is 13.8. The molecule has 0 aromatic heterocycles. The molecule has 19 heavy (non-hydrogen) atoms. The standard InChI is InChI=1S/C15H20N2OS/c1-11-2-7-14(18)17(9-8-11)10-12-3-5-13(6-4-12)15(16)19/h3-6,11H,2,7-10H2,1H3,(H2,16,19). The summed E-state index contributed by atoms with van der Waals surface area (Å²) in [6, 6.07) is 7.83. The Kier molecular flexibility index (Phi) is 4.53. The molecular formula is C15H20N2OS. The molecule has 1 amide bonds.